The van der Waals surface area contributed by atoms with Crippen LogP contribution in [-0.4, -0.2) is 12.1 Å². The Morgan fingerprint density at radius 1 is 1.12 bits per heavy atom. The van der Waals surface area contributed by atoms with Crippen molar-refractivity contribution in [2.45, 2.75) is 0 Å². The molecule has 0 aliphatic heterocycles. The van der Waals surface area contributed by atoms with E-state index in [4.69, 9.17) is 15.2 Å². The van der Waals surface area contributed by atoms with Crippen LogP contribution in [0.1, 0.15) is 0 Å². The summed E-state index contributed by atoms with van der Waals surface area (Å²) in [6.07, 6.45) is 1.60. The van der Waals surface area contributed by atoms with Crippen LogP contribution in [0.15, 0.2) is 42.6 Å². The molecule has 0 atom stereocenters. The first kappa shape index (κ1) is 10.3. The molecule has 1 aromatic carbocycles. The Morgan fingerprint density at radius 3 is 2.69 bits per heavy atom. The van der Waals surface area contributed by atoms with E-state index in [0.717, 1.165) is 5.75 Å². The van der Waals surface area contributed by atoms with Crippen LogP contribution in [0.5, 0.6) is 17.4 Å². The highest BCUT2D eigenvalue weighted by atomic mass is 16.5. The number of benzene rings is 1. The summed E-state index contributed by atoms with van der Waals surface area (Å²) in [5.74, 6) is 1.87. The SMILES string of the molecule is COc1cccc(Oc2cc(N)ccn2)c1. The molecule has 0 fully saturated rings. The van der Waals surface area contributed by atoms with Crippen LogP contribution in [0.3, 0.4) is 0 Å². The van der Waals surface area contributed by atoms with Crippen LogP contribution in [0.25, 0.3) is 0 Å². The standard InChI is InChI=1S/C12H12N2O2/c1-15-10-3-2-4-11(8-10)16-12-7-9(13)5-6-14-12/h2-8H,1H3,(H2,13,14). The van der Waals surface area contributed by atoms with Gasteiger partial charge in [-0.15, -0.1) is 0 Å². The maximum absolute atomic E-state index is 5.62. The lowest BCUT2D eigenvalue weighted by molar-refractivity contribution is 0.407. The van der Waals surface area contributed by atoms with Gasteiger partial charge < -0.3 is 15.2 Å². The van der Waals surface area contributed by atoms with Crippen LogP contribution >= 0.6 is 0 Å². The van der Waals surface area contributed by atoms with E-state index in [2.05, 4.69) is 4.98 Å². The third-order valence-corrected chi connectivity index (χ3v) is 2.02. The summed E-state index contributed by atoms with van der Waals surface area (Å²) < 4.78 is 10.6. The van der Waals surface area contributed by atoms with E-state index >= 15 is 0 Å². The second-order valence-electron chi connectivity index (χ2n) is 3.21. The number of nitrogen functional groups attached to an aromatic ring is 1. The highest BCUT2D eigenvalue weighted by Gasteiger charge is 2.00. The predicted octanol–water partition coefficient (Wildman–Crippen LogP) is 2.46. The molecule has 4 nitrogen and oxygen atoms in total. The molecule has 4 heteroatoms. The van der Waals surface area contributed by atoms with Gasteiger partial charge in [-0.25, -0.2) is 4.98 Å². The van der Waals surface area contributed by atoms with Crippen LogP contribution in [0.4, 0.5) is 5.69 Å². The third kappa shape index (κ3) is 2.42. The summed E-state index contributed by atoms with van der Waals surface area (Å²) >= 11 is 0. The molecule has 0 saturated heterocycles. The zero-order valence-corrected chi connectivity index (χ0v) is 8.88. The van der Waals surface area contributed by atoms with Crippen LogP contribution in [-0.2, 0) is 0 Å². The van der Waals surface area contributed by atoms with Gasteiger partial charge in [0.1, 0.15) is 11.5 Å². The van der Waals surface area contributed by atoms with Gasteiger partial charge in [0.25, 0.3) is 0 Å². The molecule has 1 aromatic heterocycles. The molecule has 0 radical (unpaired) electrons. The Morgan fingerprint density at radius 2 is 1.94 bits per heavy atom. The van der Waals surface area contributed by atoms with Crippen molar-refractivity contribution in [3.63, 3.8) is 0 Å². The van der Waals surface area contributed by atoms with Crippen molar-refractivity contribution in [1.29, 1.82) is 0 Å². The van der Waals surface area contributed by atoms with E-state index in [1.54, 1.807) is 31.5 Å². The van der Waals surface area contributed by atoms with Crippen molar-refractivity contribution in [2.24, 2.45) is 0 Å². The minimum Gasteiger partial charge on any atom is -0.497 e. The van der Waals surface area contributed by atoms with E-state index < -0.39 is 0 Å². The summed E-state index contributed by atoms with van der Waals surface area (Å²) in [5.41, 5.74) is 6.24. The molecule has 2 N–H and O–H groups in total. The Bertz CT molecular complexity index is 486. The van der Waals surface area contributed by atoms with Gasteiger partial charge >= 0.3 is 0 Å². The second-order valence-corrected chi connectivity index (χ2v) is 3.21. The Labute approximate surface area is 93.6 Å². The maximum atomic E-state index is 5.62. The average molecular weight is 216 g/mol. The lowest BCUT2D eigenvalue weighted by Crippen LogP contribution is -1.91. The van der Waals surface area contributed by atoms with Crippen molar-refractivity contribution in [3.8, 4) is 17.4 Å². The highest BCUT2D eigenvalue weighted by Crippen LogP contribution is 2.24. The molecule has 0 aliphatic carbocycles. The smallest absolute Gasteiger partial charge is 0.221 e. The van der Waals surface area contributed by atoms with Gasteiger partial charge in [-0.3, -0.25) is 0 Å². The van der Waals surface area contributed by atoms with Crippen molar-refractivity contribution < 1.29 is 9.47 Å². The van der Waals surface area contributed by atoms with Crippen molar-refractivity contribution in [2.75, 3.05) is 12.8 Å². The molecular formula is C12H12N2O2. The maximum Gasteiger partial charge on any atom is 0.221 e. The van der Waals surface area contributed by atoms with Crippen molar-refractivity contribution in [1.82, 2.24) is 4.98 Å². The molecule has 0 unspecified atom stereocenters. The quantitative estimate of drug-likeness (QED) is 0.856. The lowest BCUT2D eigenvalue weighted by atomic mass is 10.3. The molecule has 2 aromatic rings. The zero-order chi connectivity index (χ0) is 11.4. The van der Waals surface area contributed by atoms with E-state index in [1.807, 2.05) is 18.2 Å². The Kier molecular flexibility index (Phi) is 2.91. The minimum absolute atomic E-state index is 0.466. The van der Waals surface area contributed by atoms with Crippen LogP contribution in [0.2, 0.25) is 0 Å². The number of pyridine rings is 1. The summed E-state index contributed by atoms with van der Waals surface area (Å²) in [7, 11) is 1.61. The lowest BCUT2D eigenvalue weighted by Gasteiger charge is -2.06. The number of hydrogen-bond donors (Lipinski definition) is 1. The van der Waals surface area contributed by atoms with Crippen molar-refractivity contribution >= 4 is 5.69 Å². The van der Waals surface area contributed by atoms with Crippen LogP contribution in [0, 0.1) is 0 Å². The molecule has 2 rings (SSSR count). The normalized spacial score (nSPS) is 9.81. The topological polar surface area (TPSA) is 57.4 Å². The molecule has 0 spiro atoms. The minimum atomic E-state index is 0.466. The first-order chi connectivity index (χ1) is 7.78. The van der Waals surface area contributed by atoms with E-state index in [0.29, 0.717) is 17.3 Å². The number of nitrogens with zero attached hydrogens (tertiary/aromatic N) is 1. The Hall–Kier alpha value is -2.23. The van der Waals surface area contributed by atoms with E-state index in [-0.39, 0.29) is 0 Å². The van der Waals surface area contributed by atoms with Gasteiger partial charge in [-0.05, 0) is 18.2 Å². The number of aromatic nitrogens is 1. The molecule has 0 amide bonds. The van der Waals surface area contributed by atoms with Crippen molar-refractivity contribution in [3.05, 3.63) is 42.6 Å². The molecule has 0 aliphatic rings. The number of methoxy groups -OCH3 is 1. The highest BCUT2D eigenvalue weighted by molar-refractivity contribution is 5.42. The number of ether oxygens (including phenoxy) is 2. The van der Waals surface area contributed by atoms with E-state index in [1.165, 1.54) is 0 Å². The number of rotatable bonds is 3. The first-order valence-electron chi connectivity index (χ1n) is 4.81. The van der Waals surface area contributed by atoms with Gasteiger partial charge in [-0.2, -0.15) is 0 Å². The monoisotopic (exact) mass is 216 g/mol. The fourth-order valence-corrected chi connectivity index (χ4v) is 1.27. The molecule has 1 heterocycles. The largest absolute Gasteiger partial charge is 0.497 e. The van der Waals surface area contributed by atoms with Gasteiger partial charge in [0.15, 0.2) is 0 Å². The molecule has 82 valence electrons. The average Bonchev–Trinajstić information content (AvgIpc) is 2.29. The second kappa shape index (κ2) is 4.53. The molecular weight excluding hydrogens is 204 g/mol. The molecule has 16 heavy (non-hydrogen) atoms. The number of nitrogens with two attached hydrogens (primary N) is 1. The summed E-state index contributed by atoms with van der Waals surface area (Å²) in [5, 5.41) is 0. The first-order valence-corrected chi connectivity index (χ1v) is 4.81. The summed E-state index contributed by atoms with van der Waals surface area (Å²) in [4.78, 5) is 4.05. The van der Waals surface area contributed by atoms with Crippen LogP contribution < -0.4 is 15.2 Å². The van der Waals surface area contributed by atoms with Gasteiger partial charge in [0, 0.05) is 24.0 Å². The number of hydrogen-bond acceptors (Lipinski definition) is 4. The fourth-order valence-electron chi connectivity index (χ4n) is 1.27. The van der Waals surface area contributed by atoms with Gasteiger partial charge in [-0.1, -0.05) is 6.07 Å². The van der Waals surface area contributed by atoms with Gasteiger partial charge in [0.05, 0.1) is 7.11 Å². The predicted molar refractivity (Wildman–Crippen MR) is 61.7 cm³/mol. The zero-order valence-electron chi connectivity index (χ0n) is 8.88. The summed E-state index contributed by atoms with van der Waals surface area (Å²) in [6, 6.07) is 10.7. The van der Waals surface area contributed by atoms with E-state index in [9.17, 15) is 0 Å². The Balaban J connectivity index is 2.20. The molecule has 0 saturated carbocycles. The summed E-state index contributed by atoms with van der Waals surface area (Å²) in [6.45, 7) is 0. The molecule has 0 bridgehead atoms. The number of anilines is 1. The van der Waals surface area contributed by atoms with Gasteiger partial charge in [0.2, 0.25) is 5.88 Å². The third-order valence-electron chi connectivity index (χ3n) is 2.02. The fraction of sp³-hybridized carbons (Fsp3) is 0.0833.